The van der Waals surface area contributed by atoms with Crippen LogP contribution in [0.1, 0.15) is 54.0 Å². The third-order valence-electron chi connectivity index (χ3n) is 3.91. The first kappa shape index (κ1) is 14.6. The van der Waals surface area contributed by atoms with Crippen molar-refractivity contribution in [3.8, 4) is 0 Å². The van der Waals surface area contributed by atoms with Gasteiger partial charge >= 0.3 is 6.18 Å². The lowest BCUT2D eigenvalue weighted by atomic mass is 9.90. The van der Waals surface area contributed by atoms with Crippen LogP contribution >= 0.6 is 11.3 Å². The predicted octanol–water partition coefficient (Wildman–Crippen LogP) is 4.10. The second-order valence-electron chi connectivity index (χ2n) is 6.00. The van der Waals surface area contributed by atoms with E-state index in [4.69, 9.17) is 0 Å². The van der Waals surface area contributed by atoms with E-state index < -0.39 is 16.5 Å². The Hall–Kier alpha value is -1.37. The number of aromatic nitrogens is 3. The van der Waals surface area contributed by atoms with E-state index in [1.54, 1.807) is 6.07 Å². The molecule has 0 aliphatic heterocycles. The molecule has 3 nitrogen and oxygen atoms in total. The highest BCUT2D eigenvalue weighted by molar-refractivity contribution is 7.12. The molecule has 1 aliphatic rings. The van der Waals surface area contributed by atoms with Gasteiger partial charge in [0.1, 0.15) is 16.5 Å². The normalized spacial score (nSPS) is 16.5. The monoisotopic (exact) mass is 315 g/mol. The predicted molar refractivity (Wildman–Crippen MR) is 74.4 cm³/mol. The topological polar surface area (TPSA) is 30.7 Å². The summed E-state index contributed by atoms with van der Waals surface area (Å²) in [5.41, 5.74) is -0.594. The molecular weight excluding hydrogens is 299 g/mol. The minimum Gasteiger partial charge on any atom is -0.317 e. The summed E-state index contributed by atoms with van der Waals surface area (Å²) in [6.07, 6.45) is -2.06. The molecular formula is C14H16F3N3S. The maximum absolute atomic E-state index is 12.8. The van der Waals surface area contributed by atoms with Gasteiger partial charge in [-0.15, -0.1) is 21.5 Å². The van der Waals surface area contributed by atoms with Gasteiger partial charge < -0.3 is 4.57 Å². The fourth-order valence-corrected chi connectivity index (χ4v) is 3.49. The minimum atomic E-state index is -4.29. The van der Waals surface area contributed by atoms with Crippen LogP contribution in [0.15, 0.2) is 12.1 Å². The van der Waals surface area contributed by atoms with Gasteiger partial charge in [0.05, 0.1) is 5.41 Å². The Bertz CT molecular complexity index is 665. The summed E-state index contributed by atoms with van der Waals surface area (Å²) < 4.78 is 40.2. The molecule has 114 valence electrons. The van der Waals surface area contributed by atoms with Crippen molar-refractivity contribution in [1.29, 1.82) is 0 Å². The van der Waals surface area contributed by atoms with Gasteiger partial charge in [0.25, 0.3) is 0 Å². The lowest BCUT2D eigenvalue weighted by molar-refractivity contribution is -0.134. The van der Waals surface area contributed by atoms with E-state index in [-0.39, 0.29) is 0 Å². The summed E-state index contributed by atoms with van der Waals surface area (Å²) in [6.45, 7) is 3.78. The molecule has 0 spiro atoms. The van der Waals surface area contributed by atoms with Crippen LogP contribution in [-0.4, -0.2) is 14.8 Å². The summed E-state index contributed by atoms with van der Waals surface area (Å²) in [6, 6.07) is 2.68. The minimum absolute atomic E-state index is 0.459. The molecule has 1 fully saturated rings. The number of alkyl halides is 3. The third-order valence-corrected chi connectivity index (χ3v) is 5.37. The molecule has 2 aromatic heterocycles. The zero-order chi connectivity index (χ0) is 15.4. The molecule has 0 bridgehead atoms. The fraction of sp³-hybridized carbons (Fsp3) is 0.571. The van der Waals surface area contributed by atoms with Crippen molar-refractivity contribution in [2.75, 3.05) is 0 Å². The summed E-state index contributed by atoms with van der Waals surface area (Å²) in [5, 5.41) is 8.46. The molecule has 1 aliphatic carbocycles. The van der Waals surface area contributed by atoms with Gasteiger partial charge in [-0.05, 0) is 38.8 Å². The van der Waals surface area contributed by atoms with Crippen molar-refractivity contribution in [3.63, 3.8) is 0 Å². The van der Waals surface area contributed by atoms with E-state index >= 15 is 0 Å². The Morgan fingerprint density at radius 3 is 2.29 bits per heavy atom. The Morgan fingerprint density at radius 2 is 1.76 bits per heavy atom. The van der Waals surface area contributed by atoms with Crippen molar-refractivity contribution in [1.82, 2.24) is 14.8 Å². The molecule has 0 unspecified atom stereocenters. The van der Waals surface area contributed by atoms with E-state index in [1.807, 2.05) is 25.5 Å². The summed E-state index contributed by atoms with van der Waals surface area (Å²) in [4.78, 5) is 0.0721. The number of hydrogen-bond donors (Lipinski definition) is 0. The molecule has 3 rings (SSSR count). The fourth-order valence-electron chi connectivity index (χ4n) is 2.52. The quantitative estimate of drug-likeness (QED) is 0.854. The molecule has 2 heterocycles. The highest BCUT2D eigenvalue weighted by Gasteiger charge is 2.38. The molecule has 1 saturated carbocycles. The maximum atomic E-state index is 12.8. The second-order valence-corrected chi connectivity index (χ2v) is 7.09. The zero-order valence-electron chi connectivity index (χ0n) is 12.0. The summed E-state index contributed by atoms with van der Waals surface area (Å²) >= 11 is 0.777. The molecule has 0 saturated heterocycles. The lowest BCUT2D eigenvalue weighted by Gasteiger charge is -2.22. The van der Waals surface area contributed by atoms with E-state index in [9.17, 15) is 13.2 Å². The Balaban J connectivity index is 1.98. The van der Waals surface area contributed by atoms with Crippen molar-refractivity contribution >= 4 is 11.3 Å². The number of nitrogens with zero attached hydrogens (tertiary/aromatic N) is 3. The van der Waals surface area contributed by atoms with Crippen LogP contribution in [0.2, 0.25) is 0 Å². The number of rotatable bonds is 3. The van der Waals surface area contributed by atoms with Crippen molar-refractivity contribution in [2.45, 2.75) is 44.2 Å². The van der Waals surface area contributed by atoms with Gasteiger partial charge in [0.2, 0.25) is 0 Å². The largest absolute Gasteiger partial charge is 0.425 e. The molecule has 0 N–H and O–H groups in total. The summed E-state index contributed by atoms with van der Waals surface area (Å²) in [7, 11) is 1.89. The lowest BCUT2D eigenvalue weighted by Crippen LogP contribution is -2.22. The molecule has 0 radical (unpaired) electrons. The maximum Gasteiger partial charge on any atom is 0.425 e. The SMILES string of the molecule is Cn1c(C2CC2)nnc1C(C)(C)c1ccc(C(F)(F)F)s1. The number of thiophene rings is 1. The van der Waals surface area contributed by atoms with E-state index in [0.717, 1.165) is 36.1 Å². The molecule has 2 aromatic rings. The molecule has 0 aromatic carbocycles. The first-order chi connectivity index (χ1) is 9.71. The van der Waals surface area contributed by atoms with Crippen LogP contribution in [-0.2, 0) is 18.6 Å². The van der Waals surface area contributed by atoms with Crippen LogP contribution in [0.3, 0.4) is 0 Å². The van der Waals surface area contributed by atoms with Crippen LogP contribution in [0.4, 0.5) is 13.2 Å². The van der Waals surface area contributed by atoms with E-state index in [0.29, 0.717) is 16.6 Å². The van der Waals surface area contributed by atoms with Crippen LogP contribution in [0.5, 0.6) is 0 Å². The first-order valence-electron chi connectivity index (χ1n) is 6.78. The van der Waals surface area contributed by atoms with Gasteiger partial charge in [-0.2, -0.15) is 13.2 Å². The molecule has 0 amide bonds. The smallest absolute Gasteiger partial charge is 0.317 e. The highest BCUT2D eigenvalue weighted by Crippen LogP contribution is 2.43. The standard InChI is InChI=1S/C14H16F3N3S/c1-13(2,9-6-7-10(21-9)14(15,16)17)12-19-18-11(20(12)3)8-4-5-8/h6-8H,4-5H2,1-3H3. The zero-order valence-corrected chi connectivity index (χ0v) is 12.8. The van der Waals surface area contributed by atoms with Gasteiger partial charge in [-0.25, -0.2) is 0 Å². The van der Waals surface area contributed by atoms with Crippen molar-refractivity contribution in [3.05, 3.63) is 33.5 Å². The van der Waals surface area contributed by atoms with Gasteiger partial charge in [0.15, 0.2) is 0 Å². The second kappa shape index (κ2) is 4.56. The Labute approximate surface area is 124 Å². The summed E-state index contributed by atoms with van der Waals surface area (Å²) in [5.74, 6) is 2.10. The average Bonchev–Trinajstić information content (AvgIpc) is 2.92. The van der Waals surface area contributed by atoms with Gasteiger partial charge in [-0.3, -0.25) is 0 Å². The molecule has 0 atom stereocenters. The average molecular weight is 315 g/mol. The van der Waals surface area contributed by atoms with Crippen molar-refractivity contribution < 1.29 is 13.2 Å². The number of hydrogen-bond acceptors (Lipinski definition) is 3. The molecule has 21 heavy (non-hydrogen) atoms. The van der Waals surface area contributed by atoms with Gasteiger partial charge in [-0.1, -0.05) is 0 Å². The number of halogens is 3. The van der Waals surface area contributed by atoms with Gasteiger partial charge in [0, 0.05) is 17.8 Å². The highest BCUT2D eigenvalue weighted by atomic mass is 32.1. The first-order valence-corrected chi connectivity index (χ1v) is 7.60. The van der Waals surface area contributed by atoms with Crippen LogP contribution in [0.25, 0.3) is 0 Å². The van der Waals surface area contributed by atoms with Crippen LogP contribution < -0.4 is 0 Å². The van der Waals surface area contributed by atoms with E-state index in [2.05, 4.69) is 10.2 Å². The third kappa shape index (κ3) is 2.47. The van der Waals surface area contributed by atoms with E-state index in [1.165, 1.54) is 0 Å². The molecule has 7 heteroatoms. The Morgan fingerprint density at radius 1 is 1.14 bits per heavy atom. The Kier molecular flexibility index (Phi) is 3.16. The van der Waals surface area contributed by atoms with Crippen molar-refractivity contribution in [2.24, 2.45) is 7.05 Å². The van der Waals surface area contributed by atoms with Crippen LogP contribution in [0, 0.1) is 0 Å².